The minimum absolute atomic E-state index is 0.186. The first kappa shape index (κ1) is 20.8. The molecule has 2 heterocycles. The molecule has 0 fully saturated rings. The Kier molecular flexibility index (Phi) is 5.63. The molecule has 6 nitrogen and oxygen atoms in total. The Hall–Kier alpha value is -3.41. The lowest BCUT2D eigenvalue weighted by molar-refractivity contribution is -0.323. The number of aromatic amines is 1. The zero-order chi connectivity index (χ0) is 22.1. The summed E-state index contributed by atoms with van der Waals surface area (Å²) in [7, 11) is 0. The van der Waals surface area contributed by atoms with Crippen molar-refractivity contribution < 1.29 is 14.5 Å². The number of carbonyl (C=O) groups excluding carboxylic acids is 1. The van der Waals surface area contributed by atoms with E-state index in [4.69, 9.17) is 16.2 Å². The Bertz CT molecular complexity index is 1340. The summed E-state index contributed by atoms with van der Waals surface area (Å²) in [6, 6.07) is 16.6. The third-order valence-corrected chi connectivity index (χ3v) is 6.49. The summed E-state index contributed by atoms with van der Waals surface area (Å²) < 4.78 is 6.40. The molecule has 4 aromatic rings. The molecule has 31 heavy (non-hydrogen) atoms. The summed E-state index contributed by atoms with van der Waals surface area (Å²) in [5.41, 5.74) is 15.1. The number of halogens is 1. The van der Waals surface area contributed by atoms with Crippen LogP contribution in [-0.4, -0.2) is 12.4 Å². The van der Waals surface area contributed by atoms with Gasteiger partial charge < -0.3 is 10.5 Å². The molecule has 154 valence electrons. The number of thiophene rings is 1. The fourth-order valence-corrected chi connectivity index (χ4v) is 4.78. The largest absolute Gasteiger partial charge is 0.494 e. The van der Waals surface area contributed by atoms with Crippen LogP contribution in [0.1, 0.15) is 27.7 Å². The van der Waals surface area contributed by atoms with E-state index >= 15 is 0 Å². The Balaban J connectivity index is 1.94. The Morgan fingerprint density at radius 3 is 2.45 bits per heavy atom. The van der Waals surface area contributed by atoms with Crippen molar-refractivity contribution in [3.05, 3.63) is 69.0 Å². The van der Waals surface area contributed by atoms with Crippen LogP contribution in [0.25, 0.3) is 21.3 Å². The van der Waals surface area contributed by atoms with Gasteiger partial charge in [-0.2, -0.15) is 5.26 Å². The van der Waals surface area contributed by atoms with E-state index < -0.39 is 0 Å². The number of pyridine rings is 1. The maximum Gasteiger partial charge on any atom is 0.290 e. The van der Waals surface area contributed by atoms with E-state index in [9.17, 15) is 10.1 Å². The second-order valence-corrected chi connectivity index (χ2v) is 8.68. The smallest absolute Gasteiger partial charge is 0.290 e. The maximum atomic E-state index is 13.1. The molecule has 0 spiro atoms. The number of benzene rings is 2. The SMILES string of the molecule is CCOc1ccc(-c2c(C#N)c(N)[nH+]c3sc(C(=O)c4ccc(Br)cc4)c(N)c23)cc1. The molecule has 0 saturated carbocycles. The van der Waals surface area contributed by atoms with E-state index in [1.165, 1.54) is 11.3 Å². The predicted molar refractivity (Wildman–Crippen MR) is 126 cm³/mol. The van der Waals surface area contributed by atoms with Crippen molar-refractivity contribution in [2.24, 2.45) is 0 Å². The number of rotatable bonds is 5. The van der Waals surface area contributed by atoms with Crippen molar-refractivity contribution >= 4 is 54.8 Å². The van der Waals surface area contributed by atoms with Crippen molar-refractivity contribution in [2.45, 2.75) is 6.92 Å². The number of hydrogen-bond donors (Lipinski definition) is 2. The number of carbonyl (C=O) groups is 1. The standard InChI is InChI=1S/C23H17BrN4O2S/c1-2-30-15-9-5-12(6-10-15)17-16(11-25)22(27)28-23-18(17)19(26)21(31-23)20(29)13-3-7-14(24)8-4-13/h3-10H,2,26H2,1H3,(H2,27,28)/p+1. The van der Waals surface area contributed by atoms with Gasteiger partial charge in [0.2, 0.25) is 5.78 Å². The van der Waals surface area contributed by atoms with Crippen LogP contribution >= 0.6 is 27.3 Å². The number of nitriles is 1. The first-order valence-electron chi connectivity index (χ1n) is 9.44. The van der Waals surface area contributed by atoms with Crippen molar-refractivity contribution in [1.29, 1.82) is 5.26 Å². The van der Waals surface area contributed by atoms with Gasteiger partial charge in [-0.3, -0.25) is 10.5 Å². The van der Waals surface area contributed by atoms with Crippen LogP contribution in [0, 0.1) is 11.3 Å². The molecule has 0 atom stereocenters. The van der Waals surface area contributed by atoms with Gasteiger partial charge in [0, 0.05) is 15.6 Å². The van der Waals surface area contributed by atoms with Crippen LogP contribution in [0.2, 0.25) is 0 Å². The van der Waals surface area contributed by atoms with Crippen molar-refractivity contribution in [3.8, 4) is 22.9 Å². The third kappa shape index (κ3) is 3.74. The number of anilines is 2. The van der Waals surface area contributed by atoms with E-state index in [0.29, 0.717) is 38.5 Å². The maximum absolute atomic E-state index is 13.1. The topological polar surface area (TPSA) is 116 Å². The number of fused-ring (bicyclic) bond motifs is 1. The molecular formula is C23H18BrN4O2S+. The molecule has 0 radical (unpaired) electrons. The fraction of sp³-hybridized carbons (Fsp3) is 0.0870. The molecule has 0 aliphatic rings. The summed E-state index contributed by atoms with van der Waals surface area (Å²) in [4.78, 5) is 17.2. The zero-order valence-electron chi connectivity index (χ0n) is 16.5. The van der Waals surface area contributed by atoms with Crippen molar-refractivity contribution in [1.82, 2.24) is 0 Å². The summed E-state index contributed by atoms with van der Waals surface area (Å²) in [5, 5.41) is 10.4. The third-order valence-electron chi connectivity index (χ3n) is 4.84. The first-order chi connectivity index (χ1) is 14.9. The number of H-pyrrole nitrogens is 1. The highest BCUT2D eigenvalue weighted by molar-refractivity contribution is 9.10. The monoisotopic (exact) mass is 493 g/mol. The Labute approximate surface area is 191 Å². The lowest BCUT2D eigenvalue weighted by atomic mass is 9.96. The normalized spacial score (nSPS) is 10.7. The van der Waals surface area contributed by atoms with Crippen LogP contribution in [0.3, 0.4) is 0 Å². The second kappa shape index (κ2) is 8.38. The molecule has 8 heteroatoms. The molecule has 0 amide bonds. The molecule has 2 aromatic heterocycles. The van der Waals surface area contributed by atoms with Crippen LogP contribution in [0.4, 0.5) is 11.5 Å². The number of hydrogen-bond acceptors (Lipinski definition) is 6. The highest BCUT2D eigenvalue weighted by atomic mass is 79.9. The van der Waals surface area contributed by atoms with Gasteiger partial charge >= 0.3 is 0 Å². The van der Waals surface area contributed by atoms with Crippen molar-refractivity contribution in [2.75, 3.05) is 18.1 Å². The van der Waals surface area contributed by atoms with Gasteiger partial charge in [-0.1, -0.05) is 39.4 Å². The van der Waals surface area contributed by atoms with E-state index in [0.717, 1.165) is 15.8 Å². The number of nitrogens with two attached hydrogens (primary N) is 2. The van der Waals surface area contributed by atoms with Crippen LogP contribution in [0.15, 0.2) is 53.0 Å². The van der Waals surface area contributed by atoms with Crippen LogP contribution in [0.5, 0.6) is 5.75 Å². The van der Waals surface area contributed by atoms with Gasteiger partial charge in [-0.25, -0.2) is 4.98 Å². The Morgan fingerprint density at radius 2 is 1.84 bits per heavy atom. The predicted octanol–water partition coefficient (Wildman–Crippen LogP) is 4.81. The minimum atomic E-state index is -0.186. The number of ether oxygens (including phenoxy) is 1. The zero-order valence-corrected chi connectivity index (χ0v) is 18.9. The number of nitrogen functional groups attached to an aromatic ring is 2. The molecule has 0 aliphatic carbocycles. The second-order valence-electron chi connectivity index (χ2n) is 6.74. The van der Waals surface area contributed by atoms with Crippen LogP contribution in [-0.2, 0) is 0 Å². The lowest BCUT2D eigenvalue weighted by Gasteiger charge is -2.09. The van der Waals surface area contributed by atoms with Gasteiger partial charge in [0.1, 0.15) is 22.3 Å². The summed E-state index contributed by atoms with van der Waals surface area (Å²) in [6.45, 7) is 2.47. The molecule has 4 rings (SSSR count). The van der Waals surface area contributed by atoms with Gasteiger partial charge in [0.25, 0.3) is 5.82 Å². The van der Waals surface area contributed by atoms with Gasteiger partial charge in [0.05, 0.1) is 17.7 Å². The Morgan fingerprint density at radius 1 is 1.16 bits per heavy atom. The molecule has 0 aliphatic heterocycles. The first-order valence-corrected chi connectivity index (χ1v) is 11.1. The summed E-state index contributed by atoms with van der Waals surface area (Å²) in [5.74, 6) is 0.762. The van der Waals surface area contributed by atoms with E-state index in [2.05, 4.69) is 27.0 Å². The minimum Gasteiger partial charge on any atom is -0.494 e. The molecule has 0 saturated heterocycles. The lowest BCUT2D eigenvalue weighted by Crippen LogP contribution is -2.13. The highest BCUT2D eigenvalue weighted by Crippen LogP contribution is 2.42. The molecular weight excluding hydrogens is 476 g/mol. The molecule has 0 bridgehead atoms. The van der Waals surface area contributed by atoms with Crippen molar-refractivity contribution in [3.63, 3.8) is 0 Å². The highest BCUT2D eigenvalue weighted by Gasteiger charge is 2.27. The molecule has 2 aromatic carbocycles. The number of aromatic nitrogens is 1. The van der Waals surface area contributed by atoms with E-state index in [-0.39, 0.29) is 17.2 Å². The van der Waals surface area contributed by atoms with Gasteiger partial charge in [0.15, 0.2) is 4.83 Å². The number of ketones is 1. The number of nitrogens with one attached hydrogen (secondary N) is 1. The fourth-order valence-electron chi connectivity index (χ4n) is 3.41. The van der Waals surface area contributed by atoms with E-state index in [1.54, 1.807) is 24.3 Å². The van der Waals surface area contributed by atoms with Gasteiger partial charge in [-0.05, 0) is 48.9 Å². The quantitative estimate of drug-likeness (QED) is 0.386. The van der Waals surface area contributed by atoms with E-state index in [1.807, 2.05) is 31.2 Å². The summed E-state index contributed by atoms with van der Waals surface area (Å²) in [6.07, 6.45) is 0. The average Bonchev–Trinajstić information content (AvgIpc) is 3.09. The number of nitrogens with zero attached hydrogens (tertiary/aromatic N) is 1. The van der Waals surface area contributed by atoms with Crippen LogP contribution < -0.4 is 21.2 Å². The molecule has 5 N–H and O–H groups in total. The van der Waals surface area contributed by atoms with Gasteiger partial charge in [-0.15, -0.1) is 0 Å². The average molecular weight is 494 g/mol. The summed E-state index contributed by atoms with van der Waals surface area (Å²) >= 11 is 4.60. The molecule has 0 unspecified atom stereocenters.